The van der Waals surface area contributed by atoms with Gasteiger partial charge >= 0.3 is 5.97 Å². The Morgan fingerprint density at radius 2 is 1.93 bits per heavy atom. The monoisotopic (exact) mass is 576 g/mol. The van der Waals surface area contributed by atoms with Crippen LogP contribution in [0.4, 0.5) is 5.69 Å². The Bertz CT molecular complexity index is 996. The van der Waals surface area contributed by atoms with Crippen LogP contribution in [0.5, 0.6) is 5.75 Å². The molecule has 10 heteroatoms. The van der Waals surface area contributed by atoms with Crippen molar-refractivity contribution < 1.29 is 39.4 Å². The number of esters is 1. The van der Waals surface area contributed by atoms with Crippen LogP contribution in [-0.4, -0.2) is 54.3 Å². The molecule has 0 bridgehead atoms. The van der Waals surface area contributed by atoms with Crippen LogP contribution < -0.4 is 15.3 Å². The van der Waals surface area contributed by atoms with E-state index in [2.05, 4.69) is 12.2 Å². The zero-order valence-electron chi connectivity index (χ0n) is 24.7. The van der Waals surface area contributed by atoms with Crippen LogP contribution in [0.25, 0.3) is 0 Å². The first-order valence-corrected chi connectivity index (χ1v) is 14.9. The zero-order valence-corrected chi connectivity index (χ0v) is 24.7. The molecular formula is C31H48N2O8. The molecule has 10 nitrogen and oxygen atoms in total. The lowest BCUT2D eigenvalue weighted by Crippen LogP contribution is -2.99. The number of allylic oxidation sites excluding steroid dienone is 1. The number of amides is 1. The maximum Gasteiger partial charge on any atom is 0.328 e. The van der Waals surface area contributed by atoms with Gasteiger partial charge in [-0.2, -0.15) is 5.23 Å². The van der Waals surface area contributed by atoms with Crippen LogP contribution in [0.3, 0.4) is 0 Å². The summed E-state index contributed by atoms with van der Waals surface area (Å²) in [6.45, 7) is 2.14. The molecule has 1 aromatic rings. The average Bonchev–Trinajstić information content (AvgIpc) is 3.31. The molecule has 1 aliphatic carbocycles. The third-order valence-corrected chi connectivity index (χ3v) is 7.76. The lowest BCUT2D eigenvalue weighted by atomic mass is 9.89. The van der Waals surface area contributed by atoms with Crippen molar-refractivity contribution >= 4 is 23.3 Å². The second kappa shape index (κ2) is 18.6. The van der Waals surface area contributed by atoms with E-state index < -0.39 is 23.3 Å². The van der Waals surface area contributed by atoms with Crippen LogP contribution in [0.1, 0.15) is 89.5 Å². The third kappa shape index (κ3) is 11.9. The number of Topliss-reactive ketones (excluding diaryl/α,β-unsaturated/α-hetero) is 1. The minimum atomic E-state index is -1.15. The van der Waals surface area contributed by atoms with Gasteiger partial charge in [-0.3, -0.25) is 9.59 Å². The molecule has 5 atom stereocenters. The fourth-order valence-electron chi connectivity index (χ4n) is 5.40. The number of ether oxygens (including phenoxy) is 2. The normalized spacial score (nSPS) is 19.2. The van der Waals surface area contributed by atoms with Crippen LogP contribution in [0.2, 0.25) is 0 Å². The number of methoxy groups -OCH3 is 2. The van der Waals surface area contributed by atoms with Crippen molar-refractivity contribution in [3.8, 4) is 5.75 Å². The van der Waals surface area contributed by atoms with Gasteiger partial charge in [-0.05, 0) is 43.2 Å². The van der Waals surface area contributed by atoms with Gasteiger partial charge < -0.3 is 25.1 Å². The van der Waals surface area contributed by atoms with Crippen LogP contribution >= 0.6 is 0 Å². The molecular weight excluding hydrogens is 528 g/mol. The summed E-state index contributed by atoms with van der Waals surface area (Å²) in [7, 11) is 2.62. The Hall–Kier alpha value is -2.79. The fraction of sp³-hybridized carbons (Fsp3) is 0.645. The highest BCUT2D eigenvalue weighted by atomic mass is 16.8. The Labute approximate surface area is 243 Å². The van der Waals surface area contributed by atoms with Gasteiger partial charge in [0.05, 0.1) is 20.3 Å². The van der Waals surface area contributed by atoms with E-state index in [9.17, 15) is 29.9 Å². The number of carbonyl (C=O) groups is 3. The Morgan fingerprint density at radius 1 is 1.17 bits per heavy atom. The minimum absolute atomic E-state index is 0.0119. The SMILES string of the molecule is CCCCC[C@@H](O)/C=C/[C@H]1CCC(=O)[C@@H]1CCCCCCC(=O)NC(Cc1ccc(OC)c([NH+]([O-])O)c1)C(=O)OC. The van der Waals surface area contributed by atoms with Crippen molar-refractivity contribution in [2.45, 2.75) is 103 Å². The van der Waals surface area contributed by atoms with E-state index >= 15 is 0 Å². The summed E-state index contributed by atoms with van der Waals surface area (Å²) in [4.78, 5) is 37.3. The largest absolute Gasteiger partial charge is 0.595 e. The van der Waals surface area contributed by atoms with E-state index in [-0.39, 0.29) is 42.0 Å². The number of rotatable bonds is 19. The summed E-state index contributed by atoms with van der Waals surface area (Å²) in [5, 5.41) is 32.7. The van der Waals surface area contributed by atoms with E-state index in [1.54, 1.807) is 6.07 Å². The minimum Gasteiger partial charge on any atom is -0.595 e. The predicted molar refractivity (Wildman–Crippen MR) is 155 cm³/mol. The van der Waals surface area contributed by atoms with E-state index in [0.29, 0.717) is 24.2 Å². The number of hydrogen-bond donors (Lipinski definition) is 4. The highest BCUT2D eigenvalue weighted by Crippen LogP contribution is 2.34. The van der Waals surface area contributed by atoms with E-state index in [1.165, 1.54) is 26.4 Å². The number of aliphatic hydroxyl groups excluding tert-OH is 1. The summed E-state index contributed by atoms with van der Waals surface area (Å²) in [6, 6.07) is 3.66. The Morgan fingerprint density at radius 3 is 2.61 bits per heavy atom. The molecule has 41 heavy (non-hydrogen) atoms. The fourth-order valence-corrected chi connectivity index (χ4v) is 5.40. The standard InChI is InChI=1S/C31H48N2O8/c1-4-5-8-11-24(34)17-15-23-16-18-28(35)25(23)12-9-6-7-10-13-30(36)32-26(31(37)41-3)20-22-14-19-29(40-2)27(21-22)33(38)39/h14-15,17,19,21,23-26,33-34,38H,4-13,16,18,20H2,1-3H3,(H,32,36)/b17-15+/t23-,24+,25+,26?/m0/s1. The molecule has 2 unspecified atom stereocenters. The summed E-state index contributed by atoms with van der Waals surface area (Å²) >= 11 is 0. The van der Waals surface area contributed by atoms with Crippen molar-refractivity contribution in [1.29, 1.82) is 0 Å². The molecule has 0 radical (unpaired) electrons. The number of aliphatic hydroxyl groups is 1. The van der Waals surface area contributed by atoms with Gasteiger partial charge in [0.15, 0.2) is 5.75 Å². The van der Waals surface area contributed by atoms with E-state index in [0.717, 1.165) is 57.8 Å². The number of quaternary nitrogens is 1. The Kier molecular flexibility index (Phi) is 15.6. The maximum atomic E-state index is 12.6. The molecule has 0 spiro atoms. The molecule has 0 aliphatic heterocycles. The first-order valence-electron chi connectivity index (χ1n) is 14.9. The lowest BCUT2D eigenvalue weighted by Gasteiger charge is -2.19. The number of ketones is 1. The lowest BCUT2D eigenvalue weighted by molar-refractivity contribution is -0.991. The van der Waals surface area contributed by atoms with Crippen LogP contribution in [-0.2, 0) is 25.5 Å². The highest BCUT2D eigenvalue weighted by molar-refractivity contribution is 5.85. The molecule has 1 amide bonds. The van der Waals surface area contributed by atoms with Crippen molar-refractivity contribution in [1.82, 2.24) is 5.32 Å². The topological polar surface area (TPSA) is 150 Å². The summed E-state index contributed by atoms with van der Waals surface area (Å²) in [5.41, 5.74) is 0.529. The summed E-state index contributed by atoms with van der Waals surface area (Å²) < 4.78 is 9.92. The third-order valence-electron chi connectivity index (χ3n) is 7.76. The second-order valence-electron chi connectivity index (χ2n) is 10.9. The molecule has 230 valence electrons. The second-order valence-corrected chi connectivity index (χ2v) is 10.9. The smallest absolute Gasteiger partial charge is 0.328 e. The number of hydrogen-bond acceptors (Lipinski definition) is 8. The number of unbranched alkanes of at least 4 members (excludes halogenated alkanes) is 5. The molecule has 1 aliphatic rings. The number of benzene rings is 1. The first-order chi connectivity index (χ1) is 19.7. The maximum absolute atomic E-state index is 12.6. The van der Waals surface area contributed by atoms with Gasteiger partial charge in [0.2, 0.25) is 11.6 Å². The summed E-state index contributed by atoms with van der Waals surface area (Å²) in [6.07, 6.45) is 13.3. The number of carbonyl (C=O) groups excluding carboxylic acids is 3. The molecule has 1 saturated carbocycles. The van der Waals surface area contributed by atoms with Gasteiger partial charge in [-0.1, -0.05) is 63.7 Å². The number of nitrogens with one attached hydrogen (secondary N) is 2. The molecule has 0 aromatic heterocycles. The molecule has 1 fully saturated rings. The average molecular weight is 577 g/mol. The van der Waals surface area contributed by atoms with Gasteiger partial charge in [-0.15, -0.1) is 0 Å². The predicted octanol–water partition coefficient (Wildman–Crippen LogP) is 3.73. The van der Waals surface area contributed by atoms with E-state index in [4.69, 9.17) is 9.47 Å². The van der Waals surface area contributed by atoms with Crippen LogP contribution in [0, 0.1) is 17.0 Å². The van der Waals surface area contributed by atoms with Crippen molar-refractivity contribution in [2.75, 3.05) is 14.2 Å². The van der Waals surface area contributed by atoms with Crippen molar-refractivity contribution in [3.05, 3.63) is 41.1 Å². The van der Waals surface area contributed by atoms with Gasteiger partial charge in [0.1, 0.15) is 11.8 Å². The van der Waals surface area contributed by atoms with Crippen LogP contribution in [0.15, 0.2) is 30.4 Å². The molecule has 0 saturated heterocycles. The van der Waals surface area contributed by atoms with E-state index in [1.807, 2.05) is 12.2 Å². The van der Waals surface area contributed by atoms with Crippen molar-refractivity contribution in [2.24, 2.45) is 11.8 Å². The van der Waals surface area contributed by atoms with Crippen molar-refractivity contribution in [3.63, 3.8) is 0 Å². The summed E-state index contributed by atoms with van der Waals surface area (Å²) in [5.74, 6) is -0.161. The van der Waals surface area contributed by atoms with Gasteiger partial charge in [-0.25, -0.2) is 10.0 Å². The van der Waals surface area contributed by atoms with Gasteiger partial charge in [0.25, 0.3) is 0 Å². The quantitative estimate of drug-likeness (QED) is 0.0842. The molecule has 4 N–H and O–H groups in total. The highest BCUT2D eigenvalue weighted by Gasteiger charge is 2.32. The molecule has 2 rings (SSSR count). The first kappa shape index (κ1) is 34.4. The Balaban J connectivity index is 1.76. The zero-order chi connectivity index (χ0) is 30.2. The molecule has 1 aromatic carbocycles. The molecule has 0 heterocycles. The van der Waals surface area contributed by atoms with Gasteiger partial charge in [0, 0.05) is 31.2 Å².